The molecular weight excluding hydrogens is 488 g/mol. The van der Waals surface area contributed by atoms with Crippen LogP contribution in [0.25, 0.3) is 10.9 Å². The van der Waals surface area contributed by atoms with E-state index in [-0.39, 0.29) is 25.1 Å². The molecule has 2 aromatic rings. The fourth-order valence-electron chi connectivity index (χ4n) is 4.25. The molecule has 36 heavy (non-hydrogen) atoms. The number of nitrogens with zero attached hydrogens (tertiary/aromatic N) is 1. The van der Waals surface area contributed by atoms with Crippen molar-refractivity contribution in [1.29, 1.82) is 0 Å². The second kappa shape index (κ2) is 11.9. The van der Waals surface area contributed by atoms with Gasteiger partial charge in [-0.1, -0.05) is 18.2 Å². The quantitative estimate of drug-likeness (QED) is 0.183. The van der Waals surface area contributed by atoms with Crippen LogP contribution in [0.2, 0.25) is 0 Å². The Bertz CT molecular complexity index is 1150. The zero-order valence-corrected chi connectivity index (χ0v) is 20.4. The van der Waals surface area contributed by atoms with Crippen LogP contribution in [-0.2, 0) is 30.4 Å². The van der Waals surface area contributed by atoms with E-state index in [1.807, 2.05) is 24.3 Å². The minimum Gasteiger partial charge on any atom is -0.480 e. The molecule has 0 radical (unpaired) electrons. The molecular formula is C23H30N6O6S. The molecule has 4 unspecified atom stereocenters. The summed E-state index contributed by atoms with van der Waals surface area (Å²) in [6.45, 7) is 0.174. The summed E-state index contributed by atoms with van der Waals surface area (Å²) in [7, 11) is 0. The molecule has 8 N–H and O–H groups in total. The number of aromatic nitrogens is 1. The molecule has 1 saturated heterocycles. The lowest BCUT2D eigenvalue weighted by Crippen LogP contribution is -2.58. The van der Waals surface area contributed by atoms with E-state index in [2.05, 4.69) is 28.2 Å². The number of carbonyl (C=O) groups is 5. The number of carbonyl (C=O) groups excluding carboxylic acids is 4. The lowest BCUT2D eigenvalue weighted by atomic mass is 10.0. The highest BCUT2D eigenvalue weighted by atomic mass is 32.1. The van der Waals surface area contributed by atoms with Crippen molar-refractivity contribution in [3.8, 4) is 0 Å². The minimum atomic E-state index is -1.39. The fourth-order valence-corrected chi connectivity index (χ4v) is 4.42. The van der Waals surface area contributed by atoms with Crippen molar-refractivity contribution in [2.75, 3.05) is 12.3 Å². The lowest BCUT2D eigenvalue weighted by Gasteiger charge is -2.28. The van der Waals surface area contributed by atoms with Crippen molar-refractivity contribution in [3.05, 3.63) is 36.0 Å². The number of para-hydroxylation sites is 1. The van der Waals surface area contributed by atoms with Gasteiger partial charge in [-0.2, -0.15) is 12.6 Å². The first-order chi connectivity index (χ1) is 17.1. The van der Waals surface area contributed by atoms with Crippen LogP contribution < -0.4 is 22.1 Å². The first-order valence-electron chi connectivity index (χ1n) is 11.5. The average molecular weight is 519 g/mol. The number of likely N-dealkylation sites (tertiary alicyclic amines) is 1. The SMILES string of the molecule is NC(=O)CC(NC(=O)C(Cc1c[nH]c2ccccc12)NC(=O)C(N)CS)C(=O)N1CCCC1C(=O)O. The van der Waals surface area contributed by atoms with Crippen LogP contribution in [0.4, 0.5) is 0 Å². The van der Waals surface area contributed by atoms with Crippen LogP contribution in [-0.4, -0.2) is 81.1 Å². The van der Waals surface area contributed by atoms with Gasteiger partial charge in [0.1, 0.15) is 18.1 Å². The van der Waals surface area contributed by atoms with Gasteiger partial charge in [-0.15, -0.1) is 0 Å². The Morgan fingerprint density at radius 2 is 1.83 bits per heavy atom. The van der Waals surface area contributed by atoms with E-state index >= 15 is 0 Å². The predicted molar refractivity (Wildman–Crippen MR) is 134 cm³/mol. The Labute approximate surface area is 212 Å². The van der Waals surface area contributed by atoms with Gasteiger partial charge in [0.15, 0.2) is 0 Å². The molecule has 1 aliphatic heterocycles. The summed E-state index contributed by atoms with van der Waals surface area (Å²) in [5.74, 6) is -4.07. The average Bonchev–Trinajstić information content (AvgIpc) is 3.49. The van der Waals surface area contributed by atoms with Gasteiger partial charge in [0.25, 0.3) is 0 Å². The third kappa shape index (κ3) is 6.34. The van der Waals surface area contributed by atoms with Crippen LogP contribution in [0.3, 0.4) is 0 Å². The Balaban J connectivity index is 1.85. The second-order valence-corrected chi connectivity index (χ2v) is 9.04. The summed E-state index contributed by atoms with van der Waals surface area (Å²) in [6.07, 6.45) is 1.97. The molecule has 13 heteroatoms. The summed E-state index contributed by atoms with van der Waals surface area (Å²) in [5.41, 5.74) is 12.6. The van der Waals surface area contributed by atoms with Gasteiger partial charge in [-0.3, -0.25) is 19.2 Å². The maximum absolute atomic E-state index is 13.3. The van der Waals surface area contributed by atoms with Gasteiger partial charge in [0, 0.05) is 35.8 Å². The molecule has 1 aliphatic rings. The number of aromatic amines is 1. The molecule has 0 aliphatic carbocycles. The van der Waals surface area contributed by atoms with Crippen LogP contribution in [0.15, 0.2) is 30.5 Å². The highest BCUT2D eigenvalue weighted by Gasteiger charge is 2.39. The van der Waals surface area contributed by atoms with Gasteiger partial charge < -0.3 is 37.1 Å². The number of nitrogens with two attached hydrogens (primary N) is 2. The van der Waals surface area contributed by atoms with Gasteiger partial charge in [-0.05, 0) is 24.5 Å². The number of aliphatic carboxylic acids is 1. The Hall–Kier alpha value is -3.58. The number of H-pyrrole nitrogens is 1. The molecule has 1 aromatic heterocycles. The topological polar surface area (TPSA) is 201 Å². The lowest BCUT2D eigenvalue weighted by molar-refractivity contribution is -0.149. The molecule has 0 saturated carbocycles. The van der Waals surface area contributed by atoms with Gasteiger partial charge in [0.2, 0.25) is 23.6 Å². The standard InChI is InChI=1S/C23H30N6O6S/c24-14(11-36)20(31)27-16(8-12-10-26-15-5-2-1-4-13(12)15)21(32)28-17(9-19(25)30)22(33)29-7-3-6-18(29)23(34)35/h1-2,4-5,10,14,16-18,26,36H,3,6-9,11,24H2,(H2,25,30)(H,27,31)(H,28,32)(H,34,35). The molecule has 3 rings (SSSR count). The third-order valence-corrected chi connectivity index (χ3v) is 6.50. The highest BCUT2D eigenvalue weighted by Crippen LogP contribution is 2.21. The number of carboxylic acid groups (broad SMARTS) is 1. The zero-order chi connectivity index (χ0) is 26.4. The predicted octanol–water partition coefficient (Wildman–Crippen LogP) is -1.11. The first kappa shape index (κ1) is 27.0. The fraction of sp³-hybridized carbons (Fsp3) is 0.435. The van der Waals surface area contributed by atoms with E-state index in [0.29, 0.717) is 6.42 Å². The van der Waals surface area contributed by atoms with Crippen LogP contribution in [0.1, 0.15) is 24.8 Å². The van der Waals surface area contributed by atoms with Crippen molar-refractivity contribution in [3.63, 3.8) is 0 Å². The molecule has 0 bridgehead atoms. The van der Waals surface area contributed by atoms with Gasteiger partial charge in [0.05, 0.1) is 12.5 Å². The van der Waals surface area contributed by atoms with Crippen LogP contribution in [0, 0.1) is 0 Å². The minimum absolute atomic E-state index is 0.0432. The number of benzene rings is 1. The summed E-state index contributed by atoms with van der Waals surface area (Å²) >= 11 is 4.02. The normalized spacial score (nSPS) is 17.8. The first-order valence-corrected chi connectivity index (χ1v) is 12.1. The number of hydrogen-bond acceptors (Lipinski definition) is 7. The Morgan fingerprint density at radius 1 is 1.14 bits per heavy atom. The zero-order valence-electron chi connectivity index (χ0n) is 19.5. The van der Waals surface area contributed by atoms with E-state index in [0.717, 1.165) is 21.4 Å². The summed E-state index contributed by atoms with van der Waals surface area (Å²) in [4.78, 5) is 66.5. The maximum Gasteiger partial charge on any atom is 0.326 e. The van der Waals surface area contributed by atoms with Crippen LogP contribution in [0.5, 0.6) is 0 Å². The largest absolute Gasteiger partial charge is 0.480 e. The number of carboxylic acids is 1. The number of hydrogen-bond donors (Lipinski definition) is 7. The van der Waals surface area contributed by atoms with Gasteiger partial charge in [-0.25, -0.2) is 4.79 Å². The summed E-state index contributed by atoms with van der Waals surface area (Å²) < 4.78 is 0. The smallest absolute Gasteiger partial charge is 0.326 e. The van der Waals surface area contributed by atoms with Crippen molar-refractivity contribution in [1.82, 2.24) is 20.5 Å². The van der Waals surface area contributed by atoms with E-state index in [1.54, 1.807) is 6.20 Å². The van der Waals surface area contributed by atoms with E-state index in [9.17, 15) is 29.1 Å². The van der Waals surface area contributed by atoms with Crippen molar-refractivity contribution in [2.24, 2.45) is 11.5 Å². The van der Waals surface area contributed by atoms with Crippen molar-refractivity contribution in [2.45, 2.75) is 49.9 Å². The molecule has 1 fully saturated rings. The maximum atomic E-state index is 13.3. The number of thiol groups is 1. The van der Waals surface area contributed by atoms with Crippen molar-refractivity contribution >= 4 is 53.1 Å². The van der Waals surface area contributed by atoms with Crippen molar-refractivity contribution < 1.29 is 29.1 Å². The molecule has 1 aromatic carbocycles. The number of nitrogens with one attached hydrogen (secondary N) is 3. The number of primary amides is 1. The van der Waals surface area contributed by atoms with Gasteiger partial charge >= 0.3 is 5.97 Å². The number of fused-ring (bicyclic) bond motifs is 1. The van der Waals surface area contributed by atoms with E-state index in [1.165, 1.54) is 0 Å². The summed E-state index contributed by atoms with van der Waals surface area (Å²) in [5, 5.41) is 15.4. The van der Waals surface area contributed by atoms with Crippen LogP contribution >= 0.6 is 12.6 Å². The van der Waals surface area contributed by atoms with E-state index < -0.39 is 60.2 Å². The van der Waals surface area contributed by atoms with E-state index in [4.69, 9.17) is 11.5 Å². The molecule has 194 valence electrons. The molecule has 0 spiro atoms. The second-order valence-electron chi connectivity index (χ2n) is 8.67. The highest BCUT2D eigenvalue weighted by molar-refractivity contribution is 7.80. The molecule has 4 amide bonds. The number of amides is 4. The molecule has 12 nitrogen and oxygen atoms in total. The summed E-state index contributed by atoms with van der Waals surface area (Å²) in [6, 6.07) is 2.82. The molecule has 2 heterocycles. The third-order valence-electron chi connectivity index (χ3n) is 6.11. The monoisotopic (exact) mass is 518 g/mol. The Morgan fingerprint density at radius 3 is 2.50 bits per heavy atom. The molecule has 4 atom stereocenters. The number of rotatable bonds is 11. The Kier molecular flexibility index (Phi) is 8.93.